The molecule has 3 N–H and O–H groups in total. The predicted molar refractivity (Wildman–Crippen MR) is 211 cm³/mol. The lowest BCUT2D eigenvalue weighted by Gasteiger charge is -2.17. The lowest BCUT2D eigenvalue weighted by atomic mass is 10.1. The second kappa shape index (κ2) is 17.5. The van der Waals surface area contributed by atoms with Crippen molar-refractivity contribution in [3.63, 3.8) is 0 Å². The minimum Gasteiger partial charge on any atom is -0.494 e. The van der Waals surface area contributed by atoms with E-state index in [2.05, 4.69) is 20.9 Å². The summed E-state index contributed by atoms with van der Waals surface area (Å²) in [5.74, 6) is -0.407. The normalized spacial score (nSPS) is 11.7. The first kappa shape index (κ1) is 36.1. The fraction of sp³-hybridized carbons (Fsp3) is 0.0732. The van der Waals surface area contributed by atoms with Crippen molar-refractivity contribution in [2.24, 2.45) is 0 Å². The number of amides is 3. The van der Waals surface area contributed by atoms with Gasteiger partial charge in [-0.2, -0.15) is 0 Å². The number of carbonyl (C=O) groups excluding carboxylic acids is 3. The molecule has 0 aliphatic carbocycles. The van der Waals surface area contributed by atoms with Crippen molar-refractivity contribution in [1.82, 2.24) is 10.3 Å². The fourth-order valence-electron chi connectivity index (χ4n) is 5.07. The van der Waals surface area contributed by atoms with E-state index < -0.39 is 17.1 Å². The summed E-state index contributed by atoms with van der Waals surface area (Å²) in [5.41, 5.74) is 4.09. The number of anilines is 2. The minimum absolute atomic E-state index is 0.0452. The van der Waals surface area contributed by atoms with Crippen LogP contribution in [0.4, 0.5) is 10.8 Å². The van der Waals surface area contributed by atoms with E-state index in [-0.39, 0.29) is 11.6 Å². The van der Waals surface area contributed by atoms with Gasteiger partial charge in [0.25, 0.3) is 11.8 Å². The topological polar surface area (TPSA) is 109 Å². The molecule has 8 nitrogen and oxygen atoms in total. The van der Waals surface area contributed by atoms with Crippen molar-refractivity contribution in [2.75, 3.05) is 17.2 Å². The van der Waals surface area contributed by atoms with Crippen molar-refractivity contribution in [3.05, 3.63) is 166 Å². The van der Waals surface area contributed by atoms with Crippen molar-refractivity contribution in [2.45, 2.75) is 17.1 Å². The zero-order chi connectivity index (χ0) is 36.3. The largest absolute Gasteiger partial charge is 0.494 e. The quantitative estimate of drug-likeness (QED) is 0.0803. The smallest absolute Gasteiger partial charge is 0.272 e. The number of rotatable bonds is 13. The van der Waals surface area contributed by atoms with E-state index in [4.69, 9.17) is 16.3 Å². The summed E-state index contributed by atoms with van der Waals surface area (Å²) < 4.78 is 5.54. The number of nitrogens with zero attached hydrogens (tertiary/aromatic N) is 1. The number of aromatic nitrogens is 1. The van der Waals surface area contributed by atoms with Gasteiger partial charge in [0.2, 0.25) is 5.91 Å². The Labute approximate surface area is 314 Å². The first-order chi connectivity index (χ1) is 25.3. The maximum Gasteiger partial charge on any atom is 0.272 e. The van der Waals surface area contributed by atoms with Gasteiger partial charge in [-0.25, -0.2) is 4.98 Å². The van der Waals surface area contributed by atoms with Gasteiger partial charge < -0.3 is 20.7 Å². The molecule has 1 atom stereocenters. The highest BCUT2D eigenvalue weighted by molar-refractivity contribution is 8.00. The molecule has 1 heterocycles. The monoisotopic (exact) mass is 744 g/mol. The highest BCUT2D eigenvalue weighted by atomic mass is 35.5. The lowest BCUT2D eigenvalue weighted by molar-refractivity contribution is -0.116. The van der Waals surface area contributed by atoms with Gasteiger partial charge >= 0.3 is 0 Å². The SMILES string of the molecule is CCOc1ccc(-c2csc(NC(=O)C(Sc3cccc(NC(=O)/C(=C/c4ccc(Cl)cc4)NC(=O)c4ccccc4)c3)c3ccccc3)n2)cc1. The van der Waals surface area contributed by atoms with E-state index in [1.165, 1.54) is 23.1 Å². The third-order valence-corrected chi connectivity index (χ3v) is 9.85. The molecule has 3 amide bonds. The number of hydrogen-bond donors (Lipinski definition) is 3. The van der Waals surface area contributed by atoms with E-state index in [0.717, 1.165) is 27.5 Å². The summed E-state index contributed by atoms with van der Waals surface area (Å²) in [6.45, 7) is 2.53. The fourth-order valence-corrected chi connectivity index (χ4v) is 7.01. The highest BCUT2D eigenvalue weighted by Gasteiger charge is 2.24. The highest BCUT2D eigenvalue weighted by Crippen LogP contribution is 2.38. The zero-order valence-electron chi connectivity index (χ0n) is 27.9. The molecule has 0 saturated carbocycles. The van der Waals surface area contributed by atoms with Crippen molar-refractivity contribution < 1.29 is 19.1 Å². The molecule has 0 aliphatic heterocycles. The Morgan fingerprint density at radius 3 is 2.27 bits per heavy atom. The number of ether oxygens (including phenoxy) is 1. The summed E-state index contributed by atoms with van der Waals surface area (Å²) in [6.07, 6.45) is 1.58. The lowest BCUT2D eigenvalue weighted by Crippen LogP contribution is -2.30. The predicted octanol–water partition coefficient (Wildman–Crippen LogP) is 9.74. The van der Waals surface area contributed by atoms with Gasteiger partial charge in [-0.1, -0.05) is 78.3 Å². The first-order valence-electron chi connectivity index (χ1n) is 16.3. The van der Waals surface area contributed by atoms with Crippen LogP contribution in [0.15, 0.2) is 149 Å². The van der Waals surface area contributed by atoms with Gasteiger partial charge in [-0.3, -0.25) is 14.4 Å². The Kier molecular flexibility index (Phi) is 12.2. The van der Waals surface area contributed by atoms with E-state index in [1.807, 2.05) is 79.0 Å². The van der Waals surface area contributed by atoms with E-state index in [0.29, 0.717) is 33.6 Å². The van der Waals surface area contributed by atoms with Crippen LogP contribution < -0.4 is 20.7 Å². The first-order valence-corrected chi connectivity index (χ1v) is 18.4. The van der Waals surface area contributed by atoms with Crippen molar-refractivity contribution in [1.29, 1.82) is 0 Å². The maximum absolute atomic E-state index is 13.8. The van der Waals surface area contributed by atoms with Gasteiger partial charge in [0.1, 0.15) is 16.7 Å². The molecule has 5 aromatic carbocycles. The number of carbonyl (C=O) groups is 3. The second-order valence-electron chi connectivity index (χ2n) is 11.3. The Morgan fingerprint density at radius 1 is 0.846 bits per heavy atom. The van der Waals surface area contributed by atoms with Gasteiger partial charge in [-0.15, -0.1) is 23.1 Å². The second-order valence-corrected chi connectivity index (χ2v) is 13.8. The number of hydrogen-bond acceptors (Lipinski definition) is 7. The van der Waals surface area contributed by atoms with Crippen LogP contribution in [0.2, 0.25) is 5.02 Å². The average molecular weight is 745 g/mol. The maximum atomic E-state index is 13.8. The van der Waals surface area contributed by atoms with Gasteiger partial charge in [0, 0.05) is 32.1 Å². The molecule has 260 valence electrons. The summed E-state index contributed by atoms with van der Waals surface area (Å²) in [6, 6.07) is 39.9. The van der Waals surface area contributed by atoms with Gasteiger partial charge in [0.05, 0.1) is 12.3 Å². The minimum atomic E-state index is -0.629. The van der Waals surface area contributed by atoms with E-state index in [1.54, 1.807) is 72.8 Å². The molecule has 52 heavy (non-hydrogen) atoms. The molecule has 0 fully saturated rings. The molecule has 1 aromatic heterocycles. The molecule has 0 spiro atoms. The van der Waals surface area contributed by atoms with Crippen LogP contribution in [0, 0.1) is 0 Å². The molecule has 0 bridgehead atoms. The van der Waals surface area contributed by atoms with Gasteiger partial charge in [0.15, 0.2) is 5.13 Å². The third-order valence-electron chi connectivity index (χ3n) is 7.59. The number of thiazole rings is 1. The van der Waals surface area contributed by atoms with Crippen LogP contribution in [-0.4, -0.2) is 29.3 Å². The number of thioether (sulfide) groups is 1. The van der Waals surface area contributed by atoms with E-state index >= 15 is 0 Å². The molecule has 11 heteroatoms. The van der Waals surface area contributed by atoms with Crippen LogP contribution >= 0.6 is 34.7 Å². The Hall–Kier alpha value is -5.68. The van der Waals surface area contributed by atoms with Crippen LogP contribution in [0.3, 0.4) is 0 Å². The molecule has 1 unspecified atom stereocenters. The summed E-state index contributed by atoms with van der Waals surface area (Å²) >= 11 is 8.76. The van der Waals surface area contributed by atoms with Crippen LogP contribution in [-0.2, 0) is 9.59 Å². The van der Waals surface area contributed by atoms with Crippen LogP contribution in [0.25, 0.3) is 17.3 Å². The van der Waals surface area contributed by atoms with Crippen LogP contribution in [0.1, 0.15) is 33.7 Å². The molecular weight excluding hydrogens is 712 g/mol. The Balaban J connectivity index is 1.19. The number of halogens is 1. The number of benzene rings is 5. The Morgan fingerprint density at radius 2 is 1.56 bits per heavy atom. The molecule has 6 aromatic rings. The standard InChI is InChI=1S/C41H33ClN4O4S2/c1-2-50-33-22-18-28(19-23-33)36-26-51-41(45-36)46-40(49)37(29-10-5-3-6-11-29)52-34-15-9-14-32(25-34)43-39(48)35(24-27-16-20-31(42)21-17-27)44-38(47)30-12-7-4-8-13-30/h3-26,37H,2H2,1H3,(H,43,48)(H,44,47)(H,45,46,49)/b35-24-. The summed E-state index contributed by atoms with van der Waals surface area (Å²) in [7, 11) is 0. The average Bonchev–Trinajstić information content (AvgIpc) is 3.64. The summed E-state index contributed by atoms with van der Waals surface area (Å²) in [4.78, 5) is 46.0. The molecule has 6 rings (SSSR count). The molecule has 0 radical (unpaired) electrons. The van der Waals surface area contributed by atoms with Crippen LogP contribution in [0.5, 0.6) is 5.75 Å². The number of nitrogens with one attached hydrogen (secondary N) is 3. The molecule has 0 saturated heterocycles. The Bertz CT molecular complexity index is 2170. The van der Waals surface area contributed by atoms with Gasteiger partial charge in [-0.05, 0) is 90.9 Å². The summed E-state index contributed by atoms with van der Waals surface area (Å²) in [5, 5.41) is 11.0. The van der Waals surface area contributed by atoms with E-state index in [9.17, 15) is 14.4 Å². The zero-order valence-corrected chi connectivity index (χ0v) is 30.3. The third kappa shape index (κ3) is 9.76. The molecule has 0 aliphatic rings. The molecular formula is C41H33ClN4O4S2. The van der Waals surface area contributed by atoms with Crippen molar-refractivity contribution in [3.8, 4) is 17.0 Å². The van der Waals surface area contributed by atoms with Crippen molar-refractivity contribution >= 4 is 69.3 Å².